The van der Waals surface area contributed by atoms with E-state index in [2.05, 4.69) is 4.90 Å². The van der Waals surface area contributed by atoms with Crippen molar-refractivity contribution >= 4 is 15.8 Å². The van der Waals surface area contributed by atoms with Crippen LogP contribution in [-0.2, 0) is 14.8 Å². The molecule has 2 heterocycles. The molecule has 2 aromatic rings. The second-order valence-electron chi connectivity index (χ2n) is 9.66. The van der Waals surface area contributed by atoms with Gasteiger partial charge in [-0.15, -0.1) is 0 Å². The van der Waals surface area contributed by atoms with Crippen molar-refractivity contribution < 1.29 is 17.9 Å². The molecule has 0 bridgehead atoms. The molecule has 0 radical (unpaired) electrons. The van der Waals surface area contributed by atoms with Crippen molar-refractivity contribution in [2.24, 2.45) is 5.92 Å². The van der Waals surface area contributed by atoms with Crippen LogP contribution in [0.4, 0.5) is 0 Å². The Morgan fingerprint density at radius 3 is 2.48 bits per heavy atom. The van der Waals surface area contributed by atoms with Crippen LogP contribution in [0.2, 0.25) is 0 Å². The molecule has 1 saturated heterocycles. The third kappa shape index (κ3) is 4.80. The number of carbonyl (C=O) groups is 1. The minimum Gasteiger partial charge on any atom is -0.379 e. The number of Topliss-reactive ketones (excluding diaryl/α,β-unsaturated/α-hetero) is 1. The average molecular weight is 472 g/mol. The lowest BCUT2D eigenvalue weighted by Crippen LogP contribution is -2.40. The van der Waals surface area contributed by atoms with Crippen molar-refractivity contribution in [3.8, 4) is 5.69 Å². The Morgan fingerprint density at radius 2 is 1.82 bits per heavy atom. The molecule has 0 amide bonds. The zero-order chi connectivity index (χ0) is 23.2. The third-order valence-electron chi connectivity index (χ3n) is 7.01. The van der Waals surface area contributed by atoms with Gasteiger partial charge in [0.2, 0.25) is 10.0 Å². The molecule has 8 heteroatoms. The lowest BCUT2D eigenvalue weighted by atomic mass is 10.1. The van der Waals surface area contributed by atoms with Crippen molar-refractivity contribution in [1.82, 2.24) is 13.8 Å². The van der Waals surface area contributed by atoms with Crippen LogP contribution < -0.4 is 0 Å². The number of hydrogen-bond acceptors (Lipinski definition) is 5. The zero-order valence-corrected chi connectivity index (χ0v) is 20.3. The summed E-state index contributed by atoms with van der Waals surface area (Å²) in [6, 6.07) is 9.54. The number of morpholine rings is 1. The largest absolute Gasteiger partial charge is 0.379 e. The van der Waals surface area contributed by atoms with Gasteiger partial charge in [-0.25, -0.2) is 8.42 Å². The van der Waals surface area contributed by atoms with Gasteiger partial charge in [-0.2, -0.15) is 4.31 Å². The molecule has 2 saturated carbocycles. The van der Waals surface area contributed by atoms with E-state index >= 15 is 0 Å². The fourth-order valence-electron chi connectivity index (χ4n) is 4.85. The molecule has 0 spiro atoms. The highest BCUT2D eigenvalue weighted by molar-refractivity contribution is 7.89. The van der Waals surface area contributed by atoms with Crippen LogP contribution in [0, 0.1) is 19.8 Å². The quantitative estimate of drug-likeness (QED) is 0.526. The molecule has 5 rings (SSSR count). The minimum atomic E-state index is -3.59. The second-order valence-corrected chi connectivity index (χ2v) is 11.6. The van der Waals surface area contributed by atoms with E-state index in [0.717, 1.165) is 35.1 Å². The van der Waals surface area contributed by atoms with Crippen molar-refractivity contribution in [1.29, 1.82) is 0 Å². The molecule has 1 aromatic heterocycles. The summed E-state index contributed by atoms with van der Waals surface area (Å²) in [7, 11) is -3.59. The van der Waals surface area contributed by atoms with Crippen LogP contribution in [-0.4, -0.2) is 73.4 Å². The summed E-state index contributed by atoms with van der Waals surface area (Å²) in [5.74, 6) is 0.918. The summed E-state index contributed by atoms with van der Waals surface area (Å²) in [5, 5.41) is 0. The summed E-state index contributed by atoms with van der Waals surface area (Å²) >= 11 is 0. The number of ketones is 1. The second kappa shape index (κ2) is 8.98. The third-order valence-corrected chi connectivity index (χ3v) is 8.91. The predicted octanol–water partition coefficient (Wildman–Crippen LogP) is 3.17. The van der Waals surface area contributed by atoms with Gasteiger partial charge < -0.3 is 9.30 Å². The van der Waals surface area contributed by atoms with E-state index in [1.807, 2.05) is 30.5 Å². The lowest BCUT2D eigenvalue weighted by molar-refractivity contribution is 0.0730. The number of hydrogen-bond donors (Lipinski definition) is 0. The van der Waals surface area contributed by atoms with E-state index in [0.29, 0.717) is 38.9 Å². The van der Waals surface area contributed by atoms with Gasteiger partial charge in [0.25, 0.3) is 0 Å². The number of aryl methyl sites for hydroxylation is 1. The number of ether oxygens (including phenoxy) is 1. The van der Waals surface area contributed by atoms with E-state index in [1.165, 1.54) is 30.0 Å². The first-order chi connectivity index (χ1) is 15.8. The lowest BCUT2D eigenvalue weighted by Gasteiger charge is -2.26. The smallest absolute Gasteiger partial charge is 0.243 e. The number of benzene rings is 1. The van der Waals surface area contributed by atoms with E-state index in [9.17, 15) is 13.2 Å². The van der Waals surface area contributed by atoms with Crippen LogP contribution >= 0.6 is 0 Å². The average Bonchev–Trinajstić information content (AvgIpc) is 3.73. The molecule has 7 nitrogen and oxygen atoms in total. The van der Waals surface area contributed by atoms with E-state index in [-0.39, 0.29) is 10.7 Å². The highest BCUT2D eigenvalue weighted by Crippen LogP contribution is 2.35. The van der Waals surface area contributed by atoms with Gasteiger partial charge in [0.05, 0.1) is 24.7 Å². The van der Waals surface area contributed by atoms with Gasteiger partial charge in [-0.1, -0.05) is 6.07 Å². The number of aromatic nitrogens is 1. The first-order valence-electron chi connectivity index (χ1n) is 12.0. The normalized spacial score (nSPS) is 19.8. The highest BCUT2D eigenvalue weighted by Gasteiger charge is 2.35. The fourth-order valence-corrected chi connectivity index (χ4v) is 6.29. The van der Waals surface area contributed by atoms with Gasteiger partial charge in [0, 0.05) is 48.3 Å². The maximum absolute atomic E-state index is 13.3. The Hall–Kier alpha value is -2.00. The Balaban J connectivity index is 1.40. The molecular weight excluding hydrogens is 438 g/mol. The summed E-state index contributed by atoms with van der Waals surface area (Å²) < 4.78 is 35.1. The van der Waals surface area contributed by atoms with Crippen LogP contribution in [0.3, 0.4) is 0 Å². The SMILES string of the molecule is Cc1cc(C(=O)CN(CC2CC2)C2CC2)c(C)n1-c1cccc(S(=O)(=O)N2CCOCC2)c1. The number of carbonyl (C=O) groups excluding carboxylic acids is 1. The van der Waals surface area contributed by atoms with Crippen molar-refractivity contribution in [3.05, 3.63) is 47.3 Å². The Bertz CT molecular complexity index is 1140. The first kappa shape index (κ1) is 22.8. The molecule has 3 aliphatic rings. The highest BCUT2D eigenvalue weighted by atomic mass is 32.2. The molecular formula is C25H33N3O4S. The Morgan fingerprint density at radius 1 is 1.09 bits per heavy atom. The van der Waals surface area contributed by atoms with E-state index in [1.54, 1.807) is 18.2 Å². The van der Waals surface area contributed by atoms with Gasteiger partial charge in [0.15, 0.2) is 5.78 Å². The van der Waals surface area contributed by atoms with Crippen LogP contribution in [0.15, 0.2) is 35.2 Å². The molecule has 1 aromatic carbocycles. The molecule has 2 aliphatic carbocycles. The molecule has 0 atom stereocenters. The standard InChI is InChI=1S/C25H33N3O4S/c1-18-14-24(25(29)17-26(21-8-9-21)16-20-6-7-20)19(2)28(18)22-4-3-5-23(15-22)33(30,31)27-10-12-32-13-11-27/h3-5,14-15,20-21H,6-13,16-17H2,1-2H3. The van der Waals surface area contributed by atoms with E-state index < -0.39 is 10.0 Å². The molecule has 3 fully saturated rings. The number of nitrogens with zero attached hydrogens (tertiary/aromatic N) is 3. The topological polar surface area (TPSA) is 71.9 Å². The summed E-state index contributed by atoms with van der Waals surface area (Å²) in [4.78, 5) is 15.9. The molecule has 0 unspecified atom stereocenters. The number of sulfonamides is 1. The van der Waals surface area contributed by atoms with Gasteiger partial charge in [-0.05, 0) is 69.7 Å². The van der Waals surface area contributed by atoms with Gasteiger partial charge >= 0.3 is 0 Å². The monoisotopic (exact) mass is 471 g/mol. The van der Waals surface area contributed by atoms with Crippen LogP contribution in [0.1, 0.15) is 47.4 Å². The van der Waals surface area contributed by atoms with E-state index in [4.69, 9.17) is 4.74 Å². The molecule has 0 N–H and O–H groups in total. The summed E-state index contributed by atoms with van der Waals surface area (Å²) in [6.07, 6.45) is 4.97. The van der Waals surface area contributed by atoms with Gasteiger partial charge in [-0.3, -0.25) is 9.69 Å². The fraction of sp³-hybridized carbons (Fsp3) is 0.560. The maximum Gasteiger partial charge on any atom is 0.243 e. The summed E-state index contributed by atoms with van der Waals surface area (Å²) in [5.41, 5.74) is 3.28. The summed E-state index contributed by atoms with van der Waals surface area (Å²) in [6.45, 7) is 6.99. The first-order valence-corrected chi connectivity index (χ1v) is 13.4. The van der Waals surface area contributed by atoms with Crippen LogP contribution in [0.5, 0.6) is 0 Å². The van der Waals surface area contributed by atoms with Gasteiger partial charge in [0.1, 0.15) is 0 Å². The zero-order valence-electron chi connectivity index (χ0n) is 19.5. The van der Waals surface area contributed by atoms with Crippen LogP contribution in [0.25, 0.3) is 5.69 Å². The predicted molar refractivity (Wildman–Crippen MR) is 126 cm³/mol. The molecule has 178 valence electrons. The molecule has 33 heavy (non-hydrogen) atoms. The Labute approximate surface area is 196 Å². The van der Waals surface area contributed by atoms with Crippen molar-refractivity contribution in [2.45, 2.75) is 50.5 Å². The van der Waals surface area contributed by atoms with Crippen molar-refractivity contribution in [2.75, 3.05) is 39.4 Å². The Kier molecular flexibility index (Phi) is 6.20. The minimum absolute atomic E-state index is 0.152. The van der Waals surface area contributed by atoms with Crippen molar-refractivity contribution in [3.63, 3.8) is 0 Å². The molecule has 1 aliphatic heterocycles. The maximum atomic E-state index is 13.3. The number of rotatable bonds is 9.